The largest absolute Gasteiger partial charge is 0.329 e. The van der Waals surface area contributed by atoms with Gasteiger partial charge >= 0.3 is 0 Å². The first-order valence-electron chi connectivity index (χ1n) is 5.41. The summed E-state index contributed by atoms with van der Waals surface area (Å²) in [6.45, 7) is 0.781. The van der Waals surface area contributed by atoms with E-state index < -0.39 is 0 Å². The maximum atomic E-state index is 12.3. The number of para-hydroxylation sites is 1. The zero-order chi connectivity index (χ0) is 11.1. The number of carbonyl (C=O) groups is 1. The van der Waals surface area contributed by atoms with E-state index in [4.69, 9.17) is 11.6 Å². The van der Waals surface area contributed by atoms with E-state index >= 15 is 0 Å². The van der Waals surface area contributed by atoms with Crippen LogP contribution in [-0.2, 0) is 0 Å². The van der Waals surface area contributed by atoms with Crippen molar-refractivity contribution < 1.29 is 4.79 Å². The van der Waals surface area contributed by atoms with Crippen LogP contribution in [0.2, 0.25) is 0 Å². The van der Waals surface area contributed by atoms with Gasteiger partial charge in [-0.2, -0.15) is 0 Å². The van der Waals surface area contributed by atoms with Crippen LogP contribution in [0.4, 0.5) is 5.69 Å². The second-order valence-electron chi connectivity index (χ2n) is 4.11. The molecule has 1 fully saturated rings. The quantitative estimate of drug-likeness (QED) is 0.679. The van der Waals surface area contributed by atoms with Crippen molar-refractivity contribution in [3.05, 3.63) is 29.8 Å². The van der Waals surface area contributed by atoms with Crippen LogP contribution in [0.3, 0.4) is 0 Å². The van der Waals surface area contributed by atoms with E-state index in [1.54, 1.807) is 0 Å². The molecule has 2 heterocycles. The van der Waals surface area contributed by atoms with Gasteiger partial charge in [0.1, 0.15) is 5.17 Å². The fraction of sp³-hybridized carbons (Fsp3) is 0.333. The monoisotopic (exact) mass is 234 g/mol. The third-order valence-electron chi connectivity index (χ3n) is 3.15. The van der Waals surface area contributed by atoms with Crippen molar-refractivity contribution in [2.75, 3.05) is 6.54 Å². The molecule has 1 aromatic rings. The minimum atomic E-state index is -0.0124. The average Bonchev–Trinajstić information content (AvgIpc) is 2.74. The smallest absolute Gasteiger partial charge is 0.256 e. The van der Waals surface area contributed by atoms with Crippen LogP contribution in [0.5, 0.6) is 0 Å². The third-order valence-corrected chi connectivity index (χ3v) is 3.49. The number of hydrogen-bond acceptors (Lipinski definition) is 2. The maximum Gasteiger partial charge on any atom is 0.256 e. The van der Waals surface area contributed by atoms with Gasteiger partial charge in [-0.05, 0) is 25.0 Å². The van der Waals surface area contributed by atoms with Crippen LogP contribution in [0, 0.1) is 0 Å². The molecule has 4 heteroatoms. The summed E-state index contributed by atoms with van der Waals surface area (Å²) in [5.41, 5.74) is 1.34. The summed E-state index contributed by atoms with van der Waals surface area (Å²) in [6, 6.07) is 7.36. The van der Waals surface area contributed by atoms with Crippen LogP contribution in [0.25, 0.3) is 0 Å². The molecule has 0 saturated carbocycles. The molecule has 1 amide bonds. The first kappa shape index (κ1) is 9.85. The Bertz CT molecular complexity index is 484. The molecule has 1 atom stereocenters. The molecule has 0 radical (unpaired) electrons. The highest BCUT2D eigenvalue weighted by Crippen LogP contribution is 2.31. The molecule has 0 spiro atoms. The van der Waals surface area contributed by atoms with Crippen molar-refractivity contribution in [1.82, 2.24) is 4.90 Å². The topological polar surface area (TPSA) is 32.7 Å². The Hall–Kier alpha value is -1.35. The number of fused-ring (bicyclic) bond motifs is 2. The molecule has 1 saturated heterocycles. The molecule has 2 aliphatic rings. The maximum absolute atomic E-state index is 12.3. The van der Waals surface area contributed by atoms with E-state index in [-0.39, 0.29) is 11.9 Å². The van der Waals surface area contributed by atoms with Gasteiger partial charge in [0, 0.05) is 6.54 Å². The highest BCUT2D eigenvalue weighted by atomic mass is 35.5. The van der Waals surface area contributed by atoms with E-state index in [2.05, 4.69) is 4.99 Å². The van der Waals surface area contributed by atoms with Gasteiger partial charge in [0.25, 0.3) is 5.91 Å². The number of aliphatic imine (C=N–C) groups is 1. The summed E-state index contributed by atoms with van der Waals surface area (Å²) in [6.07, 6.45) is 1.92. The van der Waals surface area contributed by atoms with E-state index in [1.165, 1.54) is 0 Å². The van der Waals surface area contributed by atoms with Crippen LogP contribution < -0.4 is 0 Å². The van der Waals surface area contributed by atoms with Gasteiger partial charge in [-0.3, -0.25) is 4.79 Å². The molecule has 0 bridgehead atoms. The van der Waals surface area contributed by atoms with Crippen LogP contribution in [0.15, 0.2) is 29.3 Å². The Balaban J connectivity index is 2.17. The Labute approximate surface area is 98.7 Å². The van der Waals surface area contributed by atoms with Gasteiger partial charge in [-0.15, -0.1) is 0 Å². The van der Waals surface area contributed by atoms with E-state index in [0.717, 1.165) is 19.4 Å². The van der Waals surface area contributed by atoms with Gasteiger partial charge in [-0.1, -0.05) is 23.7 Å². The van der Waals surface area contributed by atoms with Crippen LogP contribution in [0.1, 0.15) is 23.2 Å². The number of carbonyl (C=O) groups excluding carboxylic acids is 1. The second-order valence-corrected chi connectivity index (χ2v) is 4.50. The van der Waals surface area contributed by atoms with Crippen molar-refractivity contribution in [1.29, 1.82) is 0 Å². The lowest BCUT2D eigenvalue weighted by molar-refractivity contribution is 0.0774. The van der Waals surface area contributed by atoms with Crippen molar-refractivity contribution >= 4 is 28.4 Å². The van der Waals surface area contributed by atoms with E-state index in [9.17, 15) is 4.79 Å². The molecule has 1 aromatic carbocycles. The van der Waals surface area contributed by atoms with Crippen LogP contribution >= 0.6 is 11.6 Å². The number of halogens is 1. The SMILES string of the molecule is O=C1c2ccccc2N=C(Cl)[C@H]2CCCN12. The van der Waals surface area contributed by atoms with E-state index in [0.29, 0.717) is 16.4 Å². The lowest BCUT2D eigenvalue weighted by Crippen LogP contribution is -2.37. The third kappa shape index (κ3) is 1.35. The van der Waals surface area contributed by atoms with Gasteiger partial charge in [0.05, 0.1) is 17.3 Å². The van der Waals surface area contributed by atoms with Crippen molar-refractivity contribution in [3.63, 3.8) is 0 Å². The van der Waals surface area contributed by atoms with Crippen LogP contribution in [-0.4, -0.2) is 28.6 Å². The standard InChI is InChI=1S/C12H11ClN2O/c13-11-10-6-3-7-15(10)12(16)8-4-1-2-5-9(8)14-11/h1-2,4-5,10H,3,6-7H2/t10-/m1/s1. The highest BCUT2D eigenvalue weighted by molar-refractivity contribution is 6.67. The molecule has 16 heavy (non-hydrogen) atoms. The average molecular weight is 235 g/mol. The number of rotatable bonds is 0. The molecule has 0 unspecified atom stereocenters. The predicted molar refractivity (Wildman–Crippen MR) is 63.4 cm³/mol. The van der Waals surface area contributed by atoms with Crippen molar-refractivity contribution in [2.24, 2.45) is 4.99 Å². The van der Waals surface area contributed by atoms with Gasteiger partial charge in [0.2, 0.25) is 0 Å². The van der Waals surface area contributed by atoms with Crippen molar-refractivity contribution in [3.8, 4) is 0 Å². The molecule has 3 rings (SSSR count). The normalized spacial score (nSPS) is 23.6. The van der Waals surface area contributed by atoms with Crippen molar-refractivity contribution in [2.45, 2.75) is 18.9 Å². The zero-order valence-electron chi connectivity index (χ0n) is 8.69. The Kier molecular flexibility index (Phi) is 2.21. The Morgan fingerprint density at radius 3 is 3.06 bits per heavy atom. The summed E-state index contributed by atoms with van der Waals surface area (Å²) in [5, 5.41) is 0.538. The highest BCUT2D eigenvalue weighted by Gasteiger charge is 2.35. The lowest BCUT2D eigenvalue weighted by atomic mass is 10.1. The van der Waals surface area contributed by atoms with Gasteiger partial charge < -0.3 is 4.90 Å². The summed E-state index contributed by atoms with van der Waals surface area (Å²) in [4.78, 5) is 18.4. The summed E-state index contributed by atoms with van der Waals surface area (Å²) < 4.78 is 0. The molecule has 82 valence electrons. The molecule has 0 aromatic heterocycles. The predicted octanol–water partition coefficient (Wildman–Crippen LogP) is 2.57. The molecule has 0 aliphatic carbocycles. The first-order valence-corrected chi connectivity index (χ1v) is 5.79. The molecule has 3 nitrogen and oxygen atoms in total. The molecule has 0 N–H and O–H groups in total. The zero-order valence-corrected chi connectivity index (χ0v) is 9.44. The minimum Gasteiger partial charge on any atom is -0.329 e. The second kappa shape index (κ2) is 3.59. The summed E-state index contributed by atoms with van der Waals surface area (Å²) in [7, 11) is 0. The summed E-state index contributed by atoms with van der Waals surface area (Å²) in [5.74, 6) is 0.0532. The van der Waals surface area contributed by atoms with E-state index in [1.807, 2.05) is 29.2 Å². The van der Waals surface area contributed by atoms with Gasteiger partial charge in [-0.25, -0.2) is 4.99 Å². The number of hydrogen-bond donors (Lipinski definition) is 0. The first-order chi connectivity index (χ1) is 7.77. The fourth-order valence-electron chi connectivity index (χ4n) is 2.35. The Morgan fingerprint density at radius 1 is 1.38 bits per heavy atom. The Morgan fingerprint density at radius 2 is 2.19 bits per heavy atom. The lowest BCUT2D eigenvalue weighted by Gasteiger charge is -2.21. The number of amides is 1. The van der Waals surface area contributed by atoms with Gasteiger partial charge in [0.15, 0.2) is 0 Å². The molecular formula is C12H11ClN2O. The molecular weight excluding hydrogens is 224 g/mol. The molecule has 2 aliphatic heterocycles. The number of nitrogens with zero attached hydrogens (tertiary/aromatic N) is 2. The number of benzene rings is 1. The minimum absolute atomic E-state index is 0.0124. The summed E-state index contributed by atoms with van der Waals surface area (Å²) >= 11 is 6.17. The fourth-order valence-corrected chi connectivity index (χ4v) is 2.67.